The highest BCUT2D eigenvalue weighted by Crippen LogP contribution is 2.22. The fourth-order valence-electron chi connectivity index (χ4n) is 3.91. The summed E-state index contributed by atoms with van der Waals surface area (Å²) in [6, 6.07) is 16.8. The summed E-state index contributed by atoms with van der Waals surface area (Å²) in [6.07, 6.45) is 8.59. The second-order valence-electron chi connectivity index (χ2n) is 8.10. The lowest BCUT2D eigenvalue weighted by molar-refractivity contribution is -0.137. The lowest BCUT2D eigenvalue weighted by atomic mass is 9.91. The molecule has 1 atom stereocenters. The Kier molecular flexibility index (Phi) is 8.76. The van der Waals surface area contributed by atoms with E-state index < -0.39 is 16.0 Å². The highest BCUT2D eigenvalue weighted by atomic mass is 32.2. The molecule has 0 aliphatic rings. The number of hydrogen-bond acceptors (Lipinski definition) is 4. The molecule has 170 valence electrons. The number of aryl methyl sites for hydroxylation is 1. The molecule has 0 amide bonds. The number of carboxylic acids is 1. The van der Waals surface area contributed by atoms with Gasteiger partial charge >= 0.3 is 5.97 Å². The number of carbonyl (C=O) groups is 1. The highest BCUT2D eigenvalue weighted by molar-refractivity contribution is 7.89. The molecule has 0 fully saturated rings. The van der Waals surface area contributed by atoms with Crippen molar-refractivity contribution in [2.45, 2.75) is 49.8 Å². The minimum absolute atomic E-state index is 0.165. The van der Waals surface area contributed by atoms with Crippen LogP contribution in [0.5, 0.6) is 0 Å². The maximum atomic E-state index is 12.7. The van der Waals surface area contributed by atoms with Gasteiger partial charge in [-0.15, -0.1) is 0 Å². The molecule has 0 saturated heterocycles. The van der Waals surface area contributed by atoms with Crippen LogP contribution in [0.25, 0.3) is 10.8 Å². The Labute approximate surface area is 189 Å². The van der Waals surface area contributed by atoms with E-state index in [2.05, 4.69) is 9.71 Å². The number of aromatic nitrogens is 1. The van der Waals surface area contributed by atoms with Crippen LogP contribution >= 0.6 is 0 Å². The molecule has 0 spiro atoms. The van der Waals surface area contributed by atoms with Gasteiger partial charge in [-0.3, -0.25) is 9.78 Å². The van der Waals surface area contributed by atoms with Gasteiger partial charge in [-0.1, -0.05) is 36.4 Å². The van der Waals surface area contributed by atoms with Crippen molar-refractivity contribution in [3.8, 4) is 0 Å². The molecular formula is C25H30N2O4S. The van der Waals surface area contributed by atoms with Gasteiger partial charge in [0.05, 0.1) is 4.90 Å². The van der Waals surface area contributed by atoms with Crippen molar-refractivity contribution in [3.05, 3.63) is 72.6 Å². The minimum Gasteiger partial charge on any atom is -0.481 e. The summed E-state index contributed by atoms with van der Waals surface area (Å²) < 4.78 is 28.1. The first-order chi connectivity index (χ1) is 15.4. The van der Waals surface area contributed by atoms with Crippen LogP contribution in [0.15, 0.2) is 71.9 Å². The van der Waals surface area contributed by atoms with E-state index >= 15 is 0 Å². The zero-order valence-electron chi connectivity index (χ0n) is 18.1. The van der Waals surface area contributed by atoms with Crippen LogP contribution in [0.1, 0.15) is 44.1 Å². The lowest BCUT2D eigenvalue weighted by Crippen LogP contribution is -2.25. The molecule has 6 nitrogen and oxygen atoms in total. The Balaban J connectivity index is 1.51. The second kappa shape index (κ2) is 11.7. The summed E-state index contributed by atoms with van der Waals surface area (Å²) in [4.78, 5) is 15.3. The molecule has 0 aliphatic carbocycles. The van der Waals surface area contributed by atoms with Crippen molar-refractivity contribution in [2.24, 2.45) is 5.92 Å². The van der Waals surface area contributed by atoms with Crippen molar-refractivity contribution in [3.63, 3.8) is 0 Å². The molecule has 7 heteroatoms. The van der Waals surface area contributed by atoms with Crippen LogP contribution in [0, 0.1) is 5.92 Å². The predicted octanol–water partition coefficient (Wildman–Crippen LogP) is 4.80. The number of carboxylic acid groups (broad SMARTS) is 1. The van der Waals surface area contributed by atoms with E-state index in [4.69, 9.17) is 5.11 Å². The summed E-state index contributed by atoms with van der Waals surface area (Å²) in [5.41, 5.74) is 1.16. The normalized spacial score (nSPS) is 12.6. The van der Waals surface area contributed by atoms with E-state index in [-0.39, 0.29) is 11.3 Å². The highest BCUT2D eigenvalue weighted by Gasteiger charge is 2.15. The largest absolute Gasteiger partial charge is 0.481 e. The summed E-state index contributed by atoms with van der Waals surface area (Å²) in [6.45, 7) is 0.359. The number of sulfonamides is 1. The van der Waals surface area contributed by atoms with Crippen molar-refractivity contribution in [2.75, 3.05) is 6.54 Å². The van der Waals surface area contributed by atoms with Gasteiger partial charge in [0.15, 0.2) is 0 Å². The summed E-state index contributed by atoms with van der Waals surface area (Å²) in [5, 5.41) is 10.8. The quantitative estimate of drug-likeness (QED) is 0.362. The second-order valence-corrected chi connectivity index (χ2v) is 9.87. The molecule has 1 unspecified atom stereocenters. The van der Waals surface area contributed by atoms with Crippen LogP contribution in [-0.2, 0) is 21.2 Å². The van der Waals surface area contributed by atoms with Gasteiger partial charge in [0.2, 0.25) is 10.0 Å². The van der Waals surface area contributed by atoms with Crippen molar-refractivity contribution < 1.29 is 18.3 Å². The minimum atomic E-state index is -3.57. The fraction of sp³-hybridized carbons (Fsp3) is 0.360. The van der Waals surface area contributed by atoms with Gasteiger partial charge in [0, 0.05) is 25.4 Å². The van der Waals surface area contributed by atoms with Gasteiger partial charge in [0.1, 0.15) is 0 Å². The molecule has 2 aromatic carbocycles. The van der Waals surface area contributed by atoms with Crippen molar-refractivity contribution >= 4 is 26.8 Å². The Hall–Kier alpha value is -2.77. The molecule has 2 N–H and O–H groups in total. The number of hydrogen-bond donors (Lipinski definition) is 2. The first-order valence-electron chi connectivity index (χ1n) is 11.0. The third kappa shape index (κ3) is 7.43. The number of pyridine rings is 1. The molecule has 3 rings (SSSR count). The number of fused-ring (bicyclic) bond motifs is 1. The van der Waals surface area contributed by atoms with Crippen LogP contribution < -0.4 is 4.72 Å². The van der Waals surface area contributed by atoms with E-state index in [0.717, 1.165) is 42.0 Å². The van der Waals surface area contributed by atoms with E-state index in [1.54, 1.807) is 18.3 Å². The molecule has 0 radical (unpaired) electrons. The third-order valence-electron chi connectivity index (χ3n) is 5.68. The number of benzene rings is 2. The summed E-state index contributed by atoms with van der Waals surface area (Å²) >= 11 is 0. The number of nitrogens with zero attached hydrogens (tertiary/aromatic N) is 1. The smallest absolute Gasteiger partial charge is 0.303 e. The Bertz CT molecular complexity index is 1120. The number of aliphatic carboxylic acids is 1. The molecule has 1 aromatic heterocycles. The lowest BCUT2D eigenvalue weighted by Gasteiger charge is -2.17. The summed E-state index contributed by atoms with van der Waals surface area (Å²) in [5.74, 6) is -0.432. The van der Waals surface area contributed by atoms with Gasteiger partial charge in [-0.2, -0.15) is 0 Å². The van der Waals surface area contributed by atoms with Crippen molar-refractivity contribution in [1.29, 1.82) is 0 Å². The van der Waals surface area contributed by atoms with Gasteiger partial charge in [-0.05, 0) is 79.0 Å². The van der Waals surface area contributed by atoms with Crippen LogP contribution in [-0.4, -0.2) is 31.0 Å². The molecule has 32 heavy (non-hydrogen) atoms. The fourth-order valence-corrected chi connectivity index (χ4v) is 5.02. The maximum Gasteiger partial charge on any atom is 0.303 e. The Morgan fingerprint density at radius 2 is 1.75 bits per heavy atom. The average Bonchev–Trinajstić information content (AvgIpc) is 2.80. The zero-order chi connectivity index (χ0) is 22.8. The van der Waals surface area contributed by atoms with E-state index in [0.29, 0.717) is 25.3 Å². The number of rotatable bonds is 13. The molecular weight excluding hydrogens is 424 g/mol. The first kappa shape index (κ1) is 23.9. The zero-order valence-corrected chi connectivity index (χ0v) is 18.9. The molecule has 0 bridgehead atoms. The summed E-state index contributed by atoms with van der Waals surface area (Å²) in [7, 11) is -3.57. The van der Waals surface area contributed by atoms with E-state index in [9.17, 15) is 13.2 Å². The third-order valence-corrected chi connectivity index (χ3v) is 7.14. The Morgan fingerprint density at radius 3 is 2.50 bits per heavy atom. The van der Waals surface area contributed by atoms with E-state index in [1.807, 2.05) is 48.7 Å². The van der Waals surface area contributed by atoms with E-state index in [1.165, 1.54) is 0 Å². The van der Waals surface area contributed by atoms with Gasteiger partial charge in [-0.25, -0.2) is 13.1 Å². The van der Waals surface area contributed by atoms with Gasteiger partial charge < -0.3 is 5.11 Å². The predicted molar refractivity (Wildman–Crippen MR) is 126 cm³/mol. The van der Waals surface area contributed by atoms with Crippen LogP contribution in [0.4, 0.5) is 0 Å². The van der Waals surface area contributed by atoms with Crippen molar-refractivity contribution in [1.82, 2.24) is 9.71 Å². The molecule has 0 saturated carbocycles. The average molecular weight is 455 g/mol. The standard InChI is InChI=1S/C25H30N2O4S/c28-25(29)11-3-6-20(12-13-21-8-4-16-26-19-21)7-5-17-27-32(30,31)24-15-14-22-9-1-2-10-23(22)18-24/h1-2,4,8-10,14-16,18-20,27H,3,5-7,11-13,17H2,(H,28,29). The maximum absolute atomic E-state index is 12.7. The molecule has 0 aliphatic heterocycles. The Morgan fingerprint density at radius 1 is 0.969 bits per heavy atom. The molecule has 1 heterocycles. The topological polar surface area (TPSA) is 96.4 Å². The monoisotopic (exact) mass is 454 g/mol. The van der Waals surface area contributed by atoms with Gasteiger partial charge in [0.25, 0.3) is 0 Å². The van der Waals surface area contributed by atoms with Crippen LogP contribution in [0.3, 0.4) is 0 Å². The van der Waals surface area contributed by atoms with Crippen LogP contribution in [0.2, 0.25) is 0 Å². The first-order valence-corrected chi connectivity index (χ1v) is 12.5. The molecule has 3 aromatic rings. The SMILES string of the molecule is O=C(O)CCCC(CCCNS(=O)(=O)c1ccc2ccccc2c1)CCc1cccnc1. The number of nitrogens with one attached hydrogen (secondary N) is 1.